The van der Waals surface area contributed by atoms with Gasteiger partial charge in [-0.3, -0.25) is 4.79 Å². The van der Waals surface area contributed by atoms with E-state index in [0.717, 1.165) is 30.7 Å². The maximum atomic E-state index is 12.9. The molecule has 1 saturated heterocycles. The Bertz CT molecular complexity index is 718. The van der Waals surface area contributed by atoms with Gasteiger partial charge in [0.15, 0.2) is 0 Å². The summed E-state index contributed by atoms with van der Waals surface area (Å²) >= 11 is 0. The van der Waals surface area contributed by atoms with Crippen molar-refractivity contribution in [1.82, 2.24) is 4.90 Å². The zero-order chi connectivity index (χ0) is 17.1. The minimum absolute atomic E-state index is 0.182. The fourth-order valence-electron chi connectivity index (χ4n) is 3.73. The second-order valence-corrected chi connectivity index (χ2v) is 6.65. The molecule has 3 heteroatoms. The Hall–Kier alpha value is -2.29. The molecule has 3 nitrogen and oxygen atoms in total. The number of nitrogens with zero attached hydrogens (tertiary/aromatic N) is 1. The van der Waals surface area contributed by atoms with E-state index in [2.05, 4.69) is 32.0 Å². The predicted octanol–water partition coefficient (Wildman–Crippen LogP) is 4.22. The Morgan fingerprint density at radius 3 is 2.58 bits per heavy atom. The van der Waals surface area contributed by atoms with Crippen LogP contribution in [-0.2, 0) is 11.2 Å². The second-order valence-electron chi connectivity index (χ2n) is 6.65. The van der Waals surface area contributed by atoms with Crippen molar-refractivity contribution in [2.45, 2.75) is 39.2 Å². The number of likely N-dealkylation sites (tertiary alicyclic amines) is 1. The van der Waals surface area contributed by atoms with Crippen LogP contribution in [0.25, 0.3) is 0 Å². The van der Waals surface area contributed by atoms with Gasteiger partial charge in [-0.25, -0.2) is 0 Å². The molecule has 0 aromatic heterocycles. The number of carbonyl (C=O) groups is 1. The van der Waals surface area contributed by atoms with E-state index in [1.807, 2.05) is 29.2 Å². The molecule has 1 unspecified atom stereocenters. The zero-order valence-corrected chi connectivity index (χ0v) is 14.7. The summed E-state index contributed by atoms with van der Waals surface area (Å²) in [5.74, 6) is 0.967. The quantitative estimate of drug-likeness (QED) is 0.843. The SMILES string of the molecule is COc1ccccc1CC(=O)N1CCCC1c1cc(C)cc(C)c1. The fourth-order valence-corrected chi connectivity index (χ4v) is 3.73. The van der Waals surface area contributed by atoms with E-state index in [4.69, 9.17) is 4.74 Å². The molecule has 1 heterocycles. The number of methoxy groups -OCH3 is 1. The molecule has 0 N–H and O–H groups in total. The number of ether oxygens (including phenoxy) is 1. The molecule has 0 saturated carbocycles. The van der Waals surface area contributed by atoms with Crippen LogP contribution >= 0.6 is 0 Å². The first-order valence-corrected chi connectivity index (χ1v) is 8.58. The van der Waals surface area contributed by atoms with E-state index in [0.29, 0.717) is 6.42 Å². The summed E-state index contributed by atoms with van der Waals surface area (Å²) in [5.41, 5.74) is 4.73. The van der Waals surface area contributed by atoms with E-state index in [9.17, 15) is 4.79 Å². The zero-order valence-electron chi connectivity index (χ0n) is 14.7. The lowest BCUT2D eigenvalue weighted by Crippen LogP contribution is -2.32. The first kappa shape index (κ1) is 16.6. The molecule has 3 rings (SSSR count). The van der Waals surface area contributed by atoms with Crippen LogP contribution in [0, 0.1) is 13.8 Å². The molecule has 1 fully saturated rings. The van der Waals surface area contributed by atoms with E-state index in [1.165, 1.54) is 16.7 Å². The molecule has 2 aromatic rings. The highest BCUT2D eigenvalue weighted by Crippen LogP contribution is 2.33. The van der Waals surface area contributed by atoms with Crippen LogP contribution in [0.2, 0.25) is 0 Å². The van der Waals surface area contributed by atoms with Gasteiger partial charge in [0.05, 0.1) is 19.6 Å². The van der Waals surface area contributed by atoms with Gasteiger partial charge in [0.1, 0.15) is 5.75 Å². The van der Waals surface area contributed by atoms with Gasteiger partial charge < -0.3 is 9.64 Å². The minimum Gasteiger partial charge on any atom is -0.496 e. The molecule has 2 aromatic carbocycles. The van der Waals surface area contributed by atoms with Gasteiger partial charge in [0.2, 0.25) is 5.91 Å². The van der Waals surface area contributed by atoms with Gasteiger partial charge in [-0.05, 0) is 38.3 Å². The molecule has 0 radical (unpaired) electrons. The average molecular weight is 323 g/mol. The first-order chi connectivity index (χ1) is 11.6. The van der Waals surface area contributed by atoms with Gasteiger partial charge in [-0.1, -0.05) is 47.5 Å². The van der Waals surface area contributed by atoms with Gasteiger partial charge >= 0.3 is 0 Å². The fraction of sp³-hybridized carbons (Fsp3) is 0.381. The Labute approximate surface area is 144 Å². The van der Waals surface area contributed by atoms with Crippen molar-refractivity contribution in [3.05, 3.63) is 64.7 Å². The summed E-state index contributed by atoms with van der Waals surface area (Å²) in [4.78, 5) is 14.9. The monoisotopic (exact) mass is 323 g/mol. The van der Waals surface area contributed by atoms with Gasteiger partial charge in [0, 0.05) is 12.1 Å². The lowest BCUT2D eigenvalue weighted by Gasteiger charge is -2.26. The third-order valence-corrected chi connectivity index (χ3v) is 4.74. The number of rotatable bonds is 4. The molecule has 1 amide bonds. The predicted molar refractivity (Wildman–Crippen MR) is 96.3 cm³/mol. The number of aryl methyl sites for hydroxylation is 2. The highest BCUT2D eigenvalue weighted by molar-refractivity contribution is 5.80. The minimum atomic E-state index is 0.182. The first-order valence-electron chi connectivity index (χ1n) is 8.58. The topological polar surface area (TPSA) is 29.5 Å². The number of benzene rings is 2. The molecule has 1 aliphatic rings. The third-order valence-electron chi connectivity index (χ3n) is 4.74. The van der Waals surface area contributed by atoms with Crippen molar-refractivity contribution in [3.8, 4) is 5.75 Å². The molecule has 1 aliphatic heterocycles. The van der Waals surface area contributed by atoms with E-state index >= 15 is 0 Å². The average Bonchev–Trinajstić information content (AvgIpc) is 3.04. The summed E-state index contributed by atoms with van der Waals surface area (Å²) in [7, 11) is 1.65. The summed E-state index contributed by atoms with van der Waals surface area (Å²) in [5, 5.41) is 0. The Morgan fingerprint density at radius 2 is 1.88 bits per heavy atom. The number of para-hydroxylation sites is 1. The van der Waals surface area contributed by atoms with E-state index < -0.39 is 0 Å². The Balaban J connectivity index is 1.81. The van der Waals surface area contributed by atoms with Crippen molar-refractivity contribution in [1.29, 1.82) is 0 Å². The largest absolute Gasteiger partial charge is 0.496 e. The van der Waals surface area contributed by atoms with Crippen molar-refractivity contribution in [3.63, 3.8) is 0 Å². The molecule has 126 valence electrons. The van der Waals surface area contributed by atoms with Crippen LogP contribution in [-0.4, -0.2) is 24.5 Å². The summed E-state index contributed by atoms with van der Waals surface area (Å²) in [6, 6.07) is 14.6. The molecule has 0 aliphatic carbocycles. The Morgan fingerprint density at radius 1 is 1.17 bits per heavy atom. The maximum Gasteiger partial charge on any atom is 0.227 e. The Kier molecular flexibility index (Phi) is 4.89. The van der Waals surface area contributed by atoms with Crippen LogP contribution in [0.15, 0.2) is 42.5 Å². The maximum absolute atomic E-state index is 12.9. The number of carbonyl (C=O) groups excluding carboxylic acids is 1. The van der Waals surface area contributed by atoms with Crippen molar-refractivity contribution in [2.75, 3.05) is 13.7 Å². The van der Waals surface area contributed by atoms with Crippen LogP contribution in [0.3, 0.4) is 0 Å². The highest BCUT2D eigenvalue weighted by Gasteiger charge is 2.30. The van der Waals surface area contributed by atoms with Crippen LogP contribution in [0.1, 0.15) is 41.1 Å². The molecular formula is C21H25NO2. The van der Waals surface area contributed by atoms with Crippen molar-refractivity contribution >= 4 is 5.91 Å². The van der Waals surface area contributed by atoms with Crippen LogP contribution in [0.4, 0.5) is 0 Å². The molecule has 0 bridgehead atoms. The smallest absolute Gasteiger partial charge is 0.227 e. The molecule has 24 heavy (non-hydrogen) atoms. The van der Waals surface area contributed by atoms with Gasteiger partial charge in [0.25, 0.3) is 0 Å². The molecule has 1 atom stereocenters. The van der Waals surface area contributed by atoms with Gasteiger partial charge in [-0.15, -0.1) is 0 Å². The molecular weight excluding hydrogens is 298 g/mol. The molecule has 0 spiro atoms. The highest BCUT2D eigenvalue weighted by atomic mass is 16.5. The lowest BCUT2D eigenvalue weighted by molar-refractivity contribution is -0.131. The van der Waals surface area contributed by atoms with Crippen LogP contribution in [0.5, 0.6) is 5.75 Å². The van der Waals surface area contributed by atoms with Crippen LogP contribution < -0.4 is 4.74 Å². The number of hydrogen-bond donors (Lipinski definition) is 0. The van der Waals surface area contributed by atoms with Crippen molar-refractivity contribution in [2.24, 2.45) is 0 Å². The normalized spacial score (nSPS) is 17.1. The number of hydrogen-bond acceptors (Lipinski definition) is 2. The van der Waals surface area contributed by atoms with Crippen molar-refractivity contribution < 1.29 is 9.53 Å². The third kappa shape index (κ3) is 3.45. The second kappa shape index (κ2) is 7.08. The van der Waals surface area contributed by atoms with E-state index in [-0.39, 0.29) is 11.9 Å². The summed E-state index contributed by atoms with van der Waals surface area (Å²) in [6.07, 6.45) is 2.50. The van der Waals surface area contributed by atoms with E-state index in [1.54, 1.807) is 7.11 Å². The summed E-state index contributed by atoms with van der Waals surface area (Å²) < 4.78 is 5.38. The lowest BCUT2D eigenvalue weighted by atomic mass is 9.99. The summed E-state index contributed by atoms with van der Waals surface area (Å²) in [6.45, 7) is 5.07. The standard InChI is InChI=1S/C21H25NO2/c1-15-11-16(2)13-18(12-15)19-8-6-10-22(19)21(23)14-17-7-4-5-9-20(17)24-3/h4-5,7,9,11-13,19H,6,8,10,14H2,1-3H3. The van der Waals surface area contributed by atoms with Gasteiger partial charge in [-0.2, -0.15) is 0 Å². The number of amides is 1.